The van der Waals surface area contributed by atoms with Gasteiger partial charge in [-0.2, -0.15) is 0 Å². The number of hydrogen-bond acceptors (Lipinski definition) is 4. The van der Waals surface area contributed by atoms with Gasteiger partial charge < -0.3 is 10.6 Å². The molecule has 0 radical (unpaired) electrons. The third-order valence-electron chi connectivity index (χ3n) is 5.09. The highest BCUT2D eigenvalue weighted by atomic mass is 16.1. The second-order valence-corrected chi connectivity index (χ2v) is 6.59. The van der Waals surface area contributed by atoms with Gasteiger partial charge in [0.05, 0.1) is 11.5 Å². The molecule has 2 aliphatic rings. The van der Waals surface area contributed by atoms with Crippen molar-refractivity contribution in [1.29, 1.82) is 0 Å². The molecular weight excluding hydrogens is 316 g/mol. The molecule has 1 atom stereocenters. The zero-order valence-electron chi connectivity index (χ0n) is 13.7. The van der Waals surface area contributed by atoms with Crippen molar-refractivity contribution < 1.29 is 14.4 Å². The van der Waals surface area contributed by atoms with Gasteiger partial charge in [0.2, 0.25) is 5.91 Å². The quantitative estimate of drug-likeness (QED) is 0.779. The van der Waals surface area contributed by atoms with Gasteiger partial charge in [0, 0.05) is 35.5 Å². The Hall–Kier alpha value is -2.95. The van der Waals surface area contributed by atoms with Gasteiger partial charge in [-0.3, -0.25) is 14.4 Å². The van der Waals surface area contributed by atoms with Crippen LogP contribution in [0.1, 0.15) is 44.7 Å². The van der Waals surface area contributed by atoms with Gasteiger partial charge in [-0.15, -0.1) is 0 Å². The van der Waals surface area contributed by atoms with Crippen molar-refractivity contribution >= 4 is 23.2 Å². The molecule has 2 aromatic rings. The number of anilines is 1. The van der Waals surface area contributed by atoms with Crippen LogP contribution in [0.5, 0.6) is 0 Å². The number of nitrogens with zero attached hydrogens (tertiary/aromatic N) is 1. The summed E-state index contributed by atoms with van der Waals surface area (Å²) in [5, 5.41) is 0. The summed E-state index contributed by atoms with van der Waals surface area (Å²) in [4.78, 5) is 39.5. The Balaban J connectivity index is 1.81. The van der Waals surface area contributed by atoms with Crippen molar-refractivity contribution in [3.63, 3.8) is 0 Å². The van der Waals surface area contributed by atoms with Gasteiger partial charge >= 0.3 is 0 Å². The Morgan fingerprint density at radius 3 is 2.36 bits per heavy atom. The molecule has 0 saturated carbocycles. The van der Waals surface area contributed by atoms with Crippen LogP contribution in [-0.4, -0.2) is 30.6 Å². The molecule has 5 nitrogen and oxygen atoms in total. The monoisotopic (exact) mass is 334 g/mol. The Morgan fingerprint density at radius 1 is 0.960 bits per heavy atom. The van der Waals surface area contributed by atoms with Crippen LogP contribution in [0.2, 0.25) is 0 Å². The maximum atomic E-state index is 13.1. The Kier molecular flexibility index (Phi) is 3.64. The third-order valence-corrected chi connectivity index (χ3v) is 5.09. The molecule has 2 aromatic carbocycles. The number of hydrogen-bond donors (Lipinski definition) is 1. The number of amides is 1. The van der Waals surface area contributed by atoms with Crippen molar-refractivity contribution in [3.8, 4) is 0 Å². The summed E-state index contributed by atoms with van der Waals surface area (Å²) >= 11 is 0. The molecule has 1 unspecified atom stereocenters. The summed E-state index contributed by atoms with van der Waals surface area (Å²) in [7, 11) is 0. The van der Waals surface area contributed by atoms with Crippen molar-refractivity contribution in [2.75, 3.05) is 18.0 Å². The summed E-state index contributed by atoms with van der Waals surface area (Å²) in [6, 6.07) is 12.3. The number of piperidine rings is 1. The van der Waals surface area contributed by atoms with E-state index < -0.39 is 0 Å². The van der Waals surface area contributed by atoms with Crippen LogP contribution in [0.4, 0.5) is 5.69 Å². The van der Waals surface area contributed by atoms with Gasteiger partial charge in [0.1, 0.15) is 0 Å². The van der Waals surface area contributed by atoms with Gasteiger partial charge in [-0.05, 0) is 18.9 Å². The number of carbonyl (C=O) groups excluding carboxylic acids is 3. The Morgan fingerprint density at radius 2 is 1.64 bits per heavy atom. The lowest BCUT2D eigenvalue weighted by molar-refractivity contribution is -0.122. The molecule has 5 heteroatoms. The number of benzene rings is 2. The van der Waals surface area contributed by atoms with Crippen molar-refractivity contribution in [2.24, 2.45) is 11.7 Å². The van der Waals surface area contributed by atoms with E-state index in [0.717, 1.165) is 25.1 Å². The standard InChI is InChI=1S/C20H18N2O3/c21-20(25)12-5-4-10-22(11-12)16-9-3-8-15-17(16)19(24)14-7-2-1-6-13(14)18(15)23/h1-3,6-9,12H,4-5,10-11H2,(H2,21,25). The van der Waals surface area contributed by atoms with Gasteiger partial charge in [0.25, 0.3) is 0 Å². The lowest BCUT2D eigenvalue weighted by Crippen LogP contribution is -2.42. The fourth-order valence-corrected chi connectivity index (χ4v) is 3.82. The van der Waals surface area contributed by atoms with Crippen LogP contribution in [0.25, 0.3) is 0 Å². The molecule has 25 heavy (non-hydrogen) atoms. The summed E-state index contributed by atoms with van der Waals surface area (Å²) in [5.41, 5.74) is 7.95. The van der Waals surface area contributed by atoms with E-state index in [9.17, 15) is 14.4 Å². The van der Waals surface area contributed by atoms with E-state index >= 15 is 0 Å². The van der Waals surface area contributed by atoms with E-state index in [1.165, 1.54) is 0 Å². The number of carbonyl (C=O) groups is 3. The second-order valence-electron chi connectivity index (χ2n) is 6.59. The van der Waals surface area contributed by atoms with E-state index in [2.05, 4.69) is 0 Å². The highest BCUT2D eigenvalue weighted by Gasteiger charge is 2.34. The molecule has 1 aliphatic heterocycles. The lowest BCUT2D eigenvalue weighted by atomic mass is 9.82. The van der Waals surface area contributed by atoms with E-state index in [1.807, 2.05) is 11.0 Å². The molecule has 1 saturated heterocycles. The predicted octanol–water partition coefficient (Wildman–Crippen LogP) is 2.16. The third kappa shape index (κ3) is 2.43. The molecule has 1 heterocycles. The second kappa shape index (κ2) is 5.84. The maximum Gasteiger partial charge on any atom is 0.222 e. The maximum absolute atomic E-state index is 13.1. The van der Waals surface area contributed by atoms with E-state index in [0.29, 0.717) is 28.8 Å². The van der Waals surface area contributed by atoms with Crippen LogP contribution < -0.4 is 10.6 Å². The van der Waals surface area contributed by atoms with Crippen LogP contribution in [0.15, 0.2) is 42.5 Å². The molecule has 4 rings (SSSR count). The topological polar surface area (TPSA) is 80.5 Å². The SMILES string of the molecule is NC(=O)C1CCCN(c2cccc3c2C(=O)c2ccccc2C3=O)C1. The number of fused-ring (bicyclic) bond motifs is 2. The normalized spacial score (nSPS) is 19.4. The van der Waals surface area contributed by atoms with Crippen LogP contribution in [0.3, 0.4) is 0 Å². The first-order valence-corrected chi connectivity index (χ1v) is 8.43. The lowest BCUT2D eigenvalue weighted by Gasteiger charge is -2.35. The minimum Gasteiger partial charge on any atom is -0.370 e. The minimum atomic E-state index is -0.317. The van der Waals surface area contributed by atoms with Gasteiger partial charge in [-0.1, -0.05) is 36.4 Å². The predicted molar refractivity (Wildman–Crippen MR) is 93.9 cm³/mol. The van der Waals surface area contributed by atoms with Crippen molar-refractivity contribution in [1.82, 2.24) is 0 Å². The van der Waals surface area contributed by atoms with E-state index in [4.69, 9.17) is 5.73 Å². The fourth-order valence-electron chi connectivity index (χ4n) is 3.82. The first kappa shape index (κ1) is 15.6. The van der Waals surface area contributed by atoms with Crippen LogP contribution in [-0.2, 0) is 4.79 Å². The summed E-state index contributed by atoms with van der Waals surface area (Å²) in [6.07, 6.45) is 1.59. The first-order valence-electron chi connectivity index (χ1n) is 8.43. The smallest absolute Gasteiger partial charge is 0.222 e. The van der Waals surface area contributed by atoms with Crippen LogP contribution >= 0.6 is 0 Å². The highest BCUT2D eigenvalue weighted by molar-refractivity contribution is 6.30. The average Bonchev–Trinajstić information content (AvgIpc) is 2.65. The zero-order chi connectivity index (χ0) is 17.6. The molecule has 0 bridgehead atoms. The molecular formula is C20H18N2O3. The highest BCUT2D eigenvalue weighted by Crippen LogP contribution is 2.35. The number of nitrogens with two attached hydrogens (primary N) is 1. The molecule has 1 fully saturated rings. The number of rotatable bonds is 2. The first-order chi connectivity index (χ1) is 12.1. The van der Waals surface area contributed by atoms with E-state index in [-0.39, 0.29) is 23.4 Å². The zero-order valence-corrected chi connectivity index (χ0v) is 13.7. The molecule has 0 aromatic heterocycles. The molecule has 2 N–H and O–H groups in total. The summed E-state index contributed by atoms with van der Waals surface area (Å²) in [6.45, 7) is 1.22. The summed E-state index contributed by atoms with van der Waals surface area (Å²) in [5.74, 6) is -0.814. The largest absolute Gasteiger partial charge is 0.370 e. The van der Waals surface area contributed by atoms with Crippen molar-refractivity contribution in [2.45, 2.75) is 12.8 Å². The molecule has 1 amide bonds. The van der Waals surface area contributed by atoms with Crippen LogP contribution in [0, 0.1) is 5.92 Å². The Labute approximate surface area is 145 Å². The van der Waals surface area contributed by atoms with E-state index in [1.54, 1.807) is 36.4 Å². The number of ketones is 2. The van der Waals surface area contributed by atoms with Crippen molar-refractivity contribution in [3.05, 3.63) is 64.7 Å². The average molecular weight is 334 g/mol. The molecule has 1 aliphatic carbocycles. The molecule has 0 spiro atoms. The van der Waals surface area contributed by atoms with Gasteiger partial charge in [0.15, 0.2) is 11.6 Å². The Bertz CT molecular complexity index is 904. The number of primary amides is 1. The molecule has 126 valence electrons. The van der Waals surface area contributed by atoms with Gasteiger partial charge in [-0.25, -0.2) is 0 Å². The minimum absolute atomic E-state index is 0.129. The fraction of sp³-hybridized carbons (Fsp3) is 0.250. The summed E-state index contributed by atoms with van der Waals surface area (Å²) < 4.78 is 0.